The molecule has 0 spiro atoms. The number of cyclic esters (lactones) is 1. The smallest absolute Gasteiger partial charge is 0.309 e. The Balaban J connectivity index is 2.27. The summed E-state index contributed by atoms with van der Waals surface area (Å²) in [6.07, 6.45) is 8.05. The number of carbonyl (C=O) groups is 2. The lowest BCUT2D eigenvalue weighted by atomic mass is 9.70. The van der Waals surface area contributed by atoms with Crippen LogP contribution < -0.4 is 0 Å². The highest BCUT2D eigenvalue weighted by Crippen LogP contribution is 2.34. The van der Waals surface area contributed by atoms with Gasteiger partial charge < -0.3 is 9.84 Å². The number of hydrogen-bond donors (Lipinski definition) is 1. The fourth-order valence-corrected chi connectivity index (χ4v) is 4.93. The number of aliphatic hydroxyl groups excluding tert-OH is 1. The number of nitrogens with zero attached hydrogens (tertiary/aromatic N) is 1. The van der Waals surface area contributed by atoms with Crippen LogP contribution in [0.1, 0.15) is 84.3 Å². The second-order valence-electron chi connectivity index (χ2n) is 10.2. The zero-order valence-electron chi connectivity index (χ0n) is 21.3. The van der Waals surface area contributed by atoms with Crippen molar-refractivity contribution in [3.8, 4) is 0 Å². The maximum absolute atomic E-state index is 13.3. The minimum Gasteiger partial charge on any atom is -0.457 e. The van der Waals surface area contributed by atoms with Crippen molar-refractivity contribution in [3.05, 3.63) is 33.8 Å². The van der Waals surface area contributed by atoms with Gasteiger partial charge in [-0.25, -0.2) is 4.98 Å². The first kappa shape index (κ1) is 27.5. The van der Waals surface area contributed by atoms with Gasteiger partial charge in [-0.15, -0.1) is 11.3 Å². The van der Waals surface area contributed by atoms with E-state index in [1.165, 1.54) is 0 Å². The lowest BCUT2D eigenvalue weighted by Gasteiger charge is -2.35. The van der Waals surface area contributed by atoms with Gasteiger partial charge in [0, 0.05) is 17.7 Å². The van der Waals surface area contributed by atoms with Crippen LogP contribution in [0.15, 0.2) is 23.1 Å². The van der Waals surface area contributed by atoms with E-state index in [1.807, 2.05) is 32.2 Å². The molecule has 184 valence electrons. The molecule has 6 heteroatoms. The zero-order valence-corrected chi connectivity index (χ0v) is 22.1. The van der Waals surface area contributed by atoms with Crippen LogP contribution in [0.25, 0.3) is 6.08 Å². The van der Waals surface area contributed by atoms with Crippen LogP contribution in [-0.2, 0) is 14.3 Å². The molecule has 2 rings (SSSR count). The van der Waals surface area contributed by atoms with Crippen LogP contribution in [0.3, 0.4) is 0 Å². The summed E-state index contributed by atoms with van der Waals surface area (Å²) in [5.74, 6) is -0.0728. The van der Waals surface area contributed by atoms with E-state index in [-0.39, 0.29) is 24.0 Å². The molecule has 1 aliphatic heterocycles. The van der Waals surface area contributed by atoms with Crippen LogP contribution >= 0.6 is 11.3 Å². The van der Waals surface area contributed by atoms with E-state index in [2.05, 4.69) is 31.0 Å². The van der Waals surface area contributed by atoms with Crippen molar-refractivity contribution in [2.24, 2.45) is 23.2 Å². The summed E-state index contributed by atoms with van der Waals surface area (Å²) in [6.45, 7) is 13.6. The molecular formula is C27H41NO4S. The lowest BCUT2D eigenvalue weighted by molar-refractivity contribution is -0.153. The quantitative estimate of drug-likeness (QED) is 0.410. The Hall–Kier alpha value is -1.79. The van der Waals surface area contributed by atoms with Gasteiger partial charge in [0.1, 0.15) is 11.9 Å². The fourth-order valence-electron chi connectivity index (χ4n) is 4.36. The molecule has 1 aromatic heterocycles. The summed E-state index contributed by atoms with van der Waals surface area (Å²) in [5.41, 5.74) is 0.730. The molecule has 2 heterocycles. The molecule has 0 saturated carbocycles. The van der Waals surface area contributed by atoms with Crippen molar-refractivity contribution < 1.29 is 19.4 Å². The number of aryl methyl sites for hydroxylation is 1. The monoisotopic (exact) mass is 475 g/mol. The molecule has 5 nitrogen and oxygen atoms in total. The van der Waals surface area contributed by atoms with Gasteiger partial charge in [0.25, 0.3) is 0 Å². The first-order chi connectivity index (χ1) is 15.4. The Morgan fingerprint density at radius 2 is 1.94 bits per heavy atom. The number of aromatic nitrogens is 1. The van der Waals surface area contributed by atoms with Gasteiger partial charge in [-0.1, -0.05) is 53.2 Å². The van der Waals surface area contributed by atoms with Crippen LogP contribution in [0.4, 0.5) is 0 Å². The molecule has 0 fully saturated rings. The Morgan fingerprint density at radius 3 is 2.58 bits per heavy atom. The zero-order chi connectivity index (χ0) is 24.8. The predicted molar refractivity (Wildman–Crippen MR) is 135 cm³/mol. The highest BCUT2D eigenvalue weighted by atomic mass is 32.1. The van der Waals surface area contributed by atoms with Crippen LogP contribution in [-0.4, -0.2) is 34.1 Å². The minimum atomic E-state index is -1.10. The number of aliphatic hydroxyl groups is 1. The maximum atomic E-state index is 13.3. The second-order valence-corrected chi connectivity index (χ2v) is 11.3. The molecule has 5 atom stereocenters. The number of esters is 1. The molecule has 0 aliphatic carbocycles. The molecule has 0 radical (unpaired) electrons. The van der Waals surface area contributed by atoms with Crippen molar-refractivity contribution in [1.82, 2.24) is 4.98 Å². The van der Waals surface area contributed by atoms with Crippen molar-refractivity contribution in [3.63, 3.8) is 0 Å². The Morgan fingerprint density at radius 1 is 1.24 bits per heavy atom. The summed E-state index contributed by atoms with van der Waals surface area (Å²) < 4.78 is 5.80. The van der Waals surface area contributed by atoms with Gasteiger partial charge in [-0.3, -0.25) is 9.59 Å². The van der Waals surface area contributed by atoms with E-state index in [1.54, 1.807) is 25.2 Å². The topological polar surface area (TPSA) is 76.5 Å². The maximum Gasteiger partial charge on any atom is 0.309 e. The molecule has 1 N–H and O–H groups in total. The van der Waals surface area contributed by atoms with Gasteiger partial charge in [-0.05, 0) is 50.2 Å². The average Bonchev–Trinajstić information content (AvgIpc) is 3.16. The summed E-state index contributed by atoms with van der Waals surface area (Å²) >= 11 is 1.58. The molecule has 1 aromatic rings. The molecular weight excluding hydrogens is 434 g/mol. The predicted octanol–water partition coefficient (Wildman–Crippen LogP) is 6.15. The normalized spacial score (nSPS) is 30.8. The lowest BCUT2D eigenvalue weighted by Crippen LogP contribution is -2.44. The molecule has 0 saturated heterocycles. The van der Waals surface area contributed by atoms with Gasteiger partial charge in [0.2, 0.25) is 0 Å². The van der Waals surface area contributed by atoms with E-state index < -0.39 is 23.6 Å². The molecule has 0 aromatic carbocycles. The third kappa shape index (κ3) is 7.61. The second kappa shape index (κ2) is 12.1. The Labute approximate surface area is 203 Å². The summed E-state index contributed by atoms with van der Waals surface area (Å²) in [6, 6.07) is 0. The standard InChI is InChI=1S/C27H41NO4S/c1-17-12-10-8-9-11-13-23(18(2)14-22-16-33-21(5)28-22)32-25(30)15-24(29)27(6,7)26(31)20(4)19(17)3/h9,11,14,16-17,19-20,23-24,29H,8,10,12-13,15H2,1-7H3. The average molecular weight is 476 g/mol. The molecule has 33 heavy (non-hydrogen) atoms. The van der Waals surface area contributed by atoms with E-state index >= 15 is 0 Å². The van der Waals surface area contributed by atoms with Crippen molar-refractivity contribution >= 4 is 29.2 Å². The largest absolute Gasteiger partial charge is 0.457 e. The molecule has 0 amide bonds. The van der Waals surface area contributed by atoms with Gasteiger partial charge in [0.15, 0.2) is 0 Å². The van der Waals surface area contributed by atoms with Crippen molar-refractivity contribution in [2.45, 2.75) is 92.8 Å². The number of rotatable bonds is 2. The fraction of sp³-hybridized carbons (Fsp3) is 0.667. The third-order valence-electron chi connectivity index (χ3n) is 7.27. The van der Waals surface area contributed by atoms with Gasteiger partial charge in [0.05, 0.1) is 28.6 Å². The summed E-state index contributed by atoms with van der Waals surface area (Å²) in [7, 11) is 0. The van der Waals surface area contributed by atoms with E-state index in [4.69, 9.17) is 4.74 Å². The number of allylic oxidation sites excluding steroid dienone is 1. The number of hydrogen-bond acceptors (Lipinski definition) is 6. The van der Waals surface area contributed by atoms with Crippen molar-refractivity contribution in [2.75, 3.05) is 0 Å². The summed E-state index contributed by atoms with van der Waals surface area (Å²) in [4.78, 5) is 30.5. The van der Waals surface area contributed by atoms with E-state index in [0.29, 0.717) is 12.3 Å². The van der Waals surface area contributed by atoms with Crippen LogP contribution in [0.5, 0.6) is 0 Å². The van der Waals surface area contributed by atoms with Gasteiger partial charge >= 0.3 is 5.97 Å². The van der Waals surface area contributed by atoms with Crippen molar-refractivity contribution in [1.29, 1.82) is 0 Å². The van der Waals surface area contributed by atoms with E-state index in [0.717, 1.165) is 35.5 Å². The Kier molecular flexibility index (Phi) is 10.0. The van der Waals surface area contributed by atoms with E-state index in [9.17, 15) is 14.7 Å². The SMILES string of the molecule is CC(=Cc1csc(C)n1)C1CC=CCCCC(C)C(C)C(C)C(=O)C(C)(C)C(O)CC(=O)O1. The highest BCUT2D eigenvalue weighted by Gasteiger charge is 2.41. The van der Waals surface area contributed by atoms with Crippen LogP contribution in [0.2, 0.25) is 0 Å². The third-order valence-corrected chi connectivity index (χ3v) is 8.06. The number of carbonyl (C=O) groups excluding carboxylic acids is 2. The number of ether oxygens (including phenoxy) is 1. The Bertz CT molecular complexity index is 869. The number of Topliss-reactive ketones (excluding diaryl/α,β-unsaturated/α-hetero) is 1. The number of ketones is 1. The molecule has 5 unspecified atom stereocenters. The van der Waals surface area contributed by atoms with Gasteiger partial charge in [-0.2, -0.15) is 0 Å². The first-order valence-electron chi connectivity index (χ1n) is 12.1. The summed E-state index contributed by atoms with van der Waals surface area (Å²) in [5, 5.41) is 13.8. The van der Waals surface area contributed by atoms with Crippen LogP contribution in [0, 0.1) is 30.1 Å². The molecule has 1 aliphatic rings. The number of thiazole rings is 1. The highest BCUT2D eigenvalue weighted by molar-refractivity contribution is 7.09. The first-order valence-corrected chi connectivity index (χ1v) is 13.0. The minimum absolute atomic E-state index is 0.000619. The molecule has 0 bridgehead atoms.